The molecule has 2 aliphatic carbocycles. The van der Waals surface area contributed by atoms with E-state index in [1.165, 1.54) is 6.42 Å². The molecule has 0 unspecified atom stereocenters. The van der Waals surface area contributed by atoms with Crippen LogP contribution in [0.15, 0.2) is 36.5 Å². The first-order valence-electron chi connectivity index (χ1n) is 14.7. The Kier molecular flexibility index (Phi) is 9.59. The number of benzene rings is 1. The van der Waals surface area contributed by atoms with Gasteiger partial charge in [0.1, 0.15) is 11.5 Å². The topological polar surface area (TPSA) is 80.2 Å². The van der Waals surface area contributed by atoms with Crippen molar-refractivity contribution in [1.29, 1.82) is 0 Å². The molecule has 2 aliphatic rings. The van der Waals surface area contributed by atoms with Gasteiger partial charge >= 0.3 is 12.4 Å². The summed E-state index contributed by atoms with van der Waals surface area (Å²) in [4.78, 5) is 0. The van der Waals surface area contributed by atoms with E-state index in [4.69, 9.17) is 0 Å². The van der Waals surface area contributed by atoms with E-state index in [9.17, 15) is 30.7 Å². The number of aromatic amines is 1. The molecule has 0 bridgehead atoms. The lowest BCUT2D eigenvalue weighted by atomic mass is 9.95. The Bertz CT molecular complexity index is 1580. The SMILES string of the molecule is FC(F)(F)c1[nH]ncc1-c1cc2c(nn1)CCCCCC2.Fc1ccc(-c2cc3c(nn2)CCCCCC3)c(C(F)(F)F)c1. The Morgan fingerprint density at radius 3 is 1.61 bits per heavy atom. The molecule has 13 heteroatoms. The molecule has 0 atom stereocenters. The standard InChI is InChI=1S/C17H16F4N2.C14H15F3N4/c18-12-7-8-13(14(10-12)17(19,20)21)16-9-11-5-3-1-2-4-6-15(11)22-23-16;15-14(16,17)13-10(8-18-21-13)12-7-9-5-3-1-2-4-6-11(9)19-20-12/h7-10H,1-6H2;7-8H,1-6H2,(H,18,21). The van der Waals surface area contributed by atoms with Crippen molar-refractivity contribution in [2.24, 2.45) is 0 Å². The Morgan fingerprint density at radius 2 is 1.09 bits per heavy atom. The van der Waals surface area contributed by atoms with Gasteiger partial charge in [-0.25, -0.2) is 4.39 Å². The highest BCUT2D eigenvalue weighted by molar-refractivity contribution is 5.65. The van der Waals surface area contributed by atoms with Crippen LogP contribution < -0.4 is 0 Å². The van der Waals surface area contributed by atoms with Gasteiger partial charge in [-0.15, -0.1) is 0 Å². The molecule has 1 aromatic carbocycles. The summed E-state index contributed by atoms with van der Waals surface area (Å²) < 4.78 is 91.4. The van der Waals surface area contributed by atoms with Gasteiger partial charge in [0.25, 0.3) is 0 Å². The van der Waals surface area contributed by atoms with Crippen LogP contribution in [0.2, 0.25) is 0 Å². The van der Waals surface area contributed by atoms with E-state index in [0.29, 0.717) is 6.07 Å². The summed E-state index contributed by atoms with van der Waals surface area (Å²) in [6.07, 6.45) is 4.01. The van der Waals surface area contributed by atoms with Crippen LogP contribution in [0.25, 0.3) is 22.5 Å². The number of alkyl halides is 6. The summed E-state index contributed by atoms with van der Waals surface area (Å²) in [7, 11) is 0. The highest BCUT2D eigenvalue weighted by Gasteiger charge is 2.37. The number of rotatable bonds is 2. The Balaban J connectivity index is 0.000000175. The lowest BCUT2D eigenvalue weighted by Crippen LogP contribution is -2.10. The molecule has 0 aliphatic heterocycles. The molecule has 3 heterocycles. The van der Waals surface area contributed by atoms with Crippen molar-refractivity contribution in [2.45, 2.75) is 89.4 Å². The first-order chi connectivity index (χ1) is 21.0. The van der Waals surface area contributed by atoms with Crippen LogP contribution in [0.3, 0.4) is 0 Å². The number of fused-ring (bicyclic) bond motifs is 2. The molecule has 0 radical (unpaired) electrons. The van der Waals surface area contributed by atoms with E-state index in [1.54, 1.807) is 12.1 Å². The van der Waals surface area contributed by atoms with Crippen LogP contribution in [-0.2, 0) is 38.0 Å². The number of H-pyrrole nitrogens is 1. The van der Waals surface area contributed by atoms with Crippen LogP contribution in [0.1, 0.15) is 85.1 Å². The molecule has 234 valence electrons. The summed E-state index contributed by atoms with van der Waals surface area (Å²) in [5.41, 5.74) is 2.06. The second-order valence-corrected chi connectivity index (χ2v) is 11.1. The predicted molar refractivity (Wildman–Crippen MR) is 149 cm³/mol. The van der Waals surface area contributed by atoms with Crippen molar-refractivity contribution in [3.05, 3.63) is 76.1 Å². The molecule has 0 fully saturated rings. The molecule has 1 N–H and O–H groups in total. The van der Waals surface area contributed by atoms with Crippen LogP contribution in [0.4, 0.5) is 30.7 Å². The molecular weight excluding hydrogens is 589 g/mol. The summed E-state index contributed by atoms with van der Waals surface area (Å²) in [6, 6.07) is 6.05. The van der Waals surface area contributed by atoms with Gasteiger partial charge in [0.05, 0.1) is 40.1 Å². The van der Waals surface area contributed by atoms with Crippen molar-refractivity contribution in [3.63, 3.8) is 0 Å². The zero-order valence-corrected chi connectivity index (χ0v) is 23.8. The quantitative estimate of drug-likeness (QED) is 0.227. The molecular formula is C31H31F7N6. The minimum absolute atomic E-state index is 0.0418. The second kappa shape index (κ2) is 13.4. The van der Waals surface area contributed by atoms with Crippen molar-refractivity contribution in [2.75, 3.05) is 0 Å². The minimum atomic E-state index is -4.64. The van der Waals surface area contributed by atoms with Gasteiger partial charge in [0.15, 0.2) is 0 Å². The fourth-order valence-corrected chi connectivity index (χ4v) is 5.62. The molecule has 0 amide bonds. The zero-order chi connectivity index (χ0) is 31.3. The van der Waals surface area contributed by atoms with Gasteiger partial charge < -0.3 is 0 Å². The van der Waals surface area contributed by atoms with E-state index in [-0.39, 0.29) is 22.5 Å². The van der Waals surface area contributed by atoms with Gasteiger partial charge in [-0.1, -0.05) is 25.7 Å². The van der Waals surface area contributed by atoms with Crippen LogP contribution in [0.5, 0.6) is 0 Å². The van der Waals surface area contributed by atoms with E-state index >= 15 is 0 Å². The first kappa shape index (κ1) is 31.5. The molecule has 0 saturated heterocycles. The number of nitrogens with zero attached hydrogens (tertiary/aromatic N) is 5. The monoisotopic (exact) mass is 620 g/mol. The third-order valence-electron chi connectivity index (χ3n) is 7.90. The number of hydrogen-bond acceptors (Lipinski definition) is 5. The summed E-state index contributed by atoms with van der Waals surface area (Å²) in [6.45, 7) is 0. The smallest absolute Gasteiger partial charge is 0.273 e. The van der Waals surface area contributed by atoms with E-state index in [2.05, 4.69) is 25.5 Å². The number of hydrogen-bond donors (Lipinski definition) is 1. The average molecular weight is 621 g/mol. The third-order valence-corrected chi connectivity index (χ3v) is 7.90. The number of aryl methyl sites for hydroxylation is 4. The maximum absolute atomic E-state index is 13.2. The molecule has 6 nitrogen and oxygen atoms in total. The van der Waals surface area contributed by atoms with Crippen molar-refractivity contribution >= 4 is 0 Å². The first-order valence-corrected chi connectivity index (χ1v) is 14.7. The van der Waals surface area contributed by atoms with Gasteiger partial charge in [-0.3, -0.25) is 5.10 Å². The van der Waals surface area contributed by atoms with Crippen molar-refractivity contribution < 1.29 is 30.7 Å². The maximum atomic E-state index is 13.2. The Morgan fingerprint density at radius 1 is 0.568 bits per heavy atom. The predicted octanol–water partition coefficient (Wildman–Crippen LogP) is 8.51. The average Bonchev–Trinajstić information content (AvgIpc) is 3.45. The van der Waals surface area contributed by atoms with E-state index < -0.39 is 29.4 Å². The van der Waals surface area contributed by atoms with Crippen molar-refractivity contribution in [1.82, 2.24) is 30.6 Å². The lowest BCUT2D eigenvalue weighted by Gasteiger charge is -2.15. The van der Waals surface area contributed by atoms with Crippen molar-refractivity contribution in [3.8, 4) is 22.5 Å². The summed E-state index contributed by atoms with van der Waals surface area (Å²) in [5.74, 6) is -0.916. The molecule has 0 spiro atoms. The highest BCUT2D eigenvalue weighted by Crippen LogP contribution is 2.38. The molecule has 44 heavy (non-hydrogen) atoms. The lowest BCUT2D eigenvalue weighted by molar-refractivity contribution is -0.140. The molecule has 0 saturated carbocycles. The number of aromatic nitrogens is 6. The summed E-state index contributed by atoms with van der Waals surface area (Å²) in [5, 5.41) is 21.7. The Labute approximate surface area is 249 Å². The second-order valence-electron chi connectivity index (χ2n) is 11.1. The van der Waals surface area contributed by atoms with Gasteiger partial charge in [-0.2, -0.15) is 51.8 Å². The van der Waals surface area contributed by atoms with Gasteiger partial charge in [0.2, 0.25) is 0 Å². The largest absolute Gasteiger partial charge is 0.433 e. The normalized spacial score (nSPS) is 15.9. The molecule has 3 aromatic heterocycles. The number of halogens is 7. The Hall–Kier alpha value is -3.90. The van der Waals surface area contributed by atoms with Crippen LogP contribution in [0, 0.1) is 5.82 Å². The van der Waals surface area contributed by atoms with E-state index in [1.807, 2.05) is 5.10 Å². The minimum Gasteiger partial charge on any atom is -0.273 e. The maximum Gasteiger partial charge on any atom is 0.433 e. The fourth-order valence-electron chi connectivity index (χ4n) is 5.62. The zero-order valence-electron chi connectivity index (χ0n) is 23.8. The molecule has 4 aromatic rings. The fraction of sp³-hybridized carbons (Fsp3) is 0.452. The summed E-state index contributed by atoms with van der Waals surface area (Å²) >= 11 is 0. The highest BCUT2D eigenvalue weighted by atomic mass is 19.4. The number of nitrogens with one attached hydrogen (secondary N) is 1. The van der Waals surface area contributed by atoms with Crippen LogP contribution in [-0.4, -0.2) is 30.6 Å². The van der Waals surface area contributed by atoms with Crippen LogP contribution >= 0.6 is 0 Å². The van der Waals surface area contributed by atoms with Gasteiger partial charge in [0, 0.05) is 5.56 Å². The third kappa shape index (κ3) is 7.59. The van der Waals surface area contributed by atoms with E-state index in [0.717, 1.165) is 111 Å². The molecule has 6 rings (SSSR count). The van der Waals surface area contributed by atoms with Gasteiger partial charge in [-0.05, 0) is 92.8 Å².